The van der Waals surface area contributed by atoms with Crippen molar-refractivity contribution in [1.82, 2.24) is 15.2 Å². The van der Waals surface area contributed by atoms with E-state index in [1.165, 1.54) is 6.20 Å². The third kappa shape index (κ3) is 4.06. The van der Waals surface area contributed by atoms with Crippen molar-refractivity contribution in [3.63, 3.8) is 0 Å². The van der Waals surface area contributed by atoms with E-state index in [2.05, 4.69) is 15.6 Å². The normalized spacial score (nSPS) is 16.4. The van der Waals surface area contributed by atoms with Gasteiger partial charge in [0, 0.05) is 30.9 Å². The van der Waals surface area contributed by atoms with Crippen molar-refractivity contribution in [2.24, 2.45) is 0 Å². The number of likely N-dealkylation sites (tertiary alicyclic amines) is 1. The fourth-order valence-electron chi connectivity index (χ4n) is 3.59. The number of hydrogen-bond donors (Lipinski definition) is 2. The number of aryl methyl sites for hydroxylation is 1. The van der Waals surface area contributed by atoms with E-state index in [1.54, 1.807) is 11.0 Å². The topological polar surface area (TPSA) is 101 Å². The van der Waals surface area contributed by atoms with Crippen LogP contribution >= 0.6 is 0 Å². The number of anilines is 1. The van der Waals surface area contributed by atoms with Gasteiger partial charge in [0.25, 0.3) is 17.7 Å². The summed E-state index contributed by atoms with van der Waals surface area (Å²) in [5, 5.41) is 5.73. The molecule has 1 fully saturated rings. The fraction of sp³-hybridized carbons (Fsp3) is 0.333. The van der Waals surface area contributed by atoms with Crippen LogP contribution < -0.4 is 15.4 Å². The quantitative estimate of drug-likeness (QED) is 0.826. The van der Waals surface area contributed by atoms with Gasteiger partial charge in [-0.2, -0.15) is 0 Å². The van der Waals surface area contributed by atoms with Gasteiger partial charge in [0.1, 0.15) is 5.69 Å². The first-order valence-corrected chi connectivity index (χ1v) is 9.60. The van der Waals surface area contributed by atoms with Crippen LogP contribution in [0, 0.1) is 6.92 Å². The van der Waals surface area contributed by atoms with Crippen molar-refractivity contribution < 1.29 is 19.1 Å². The number of rotatable bonds is 3. The van der Waals surface area contributed by atoms with Crippen molar-refractivity contribution in [1.29, 1.82) is 0 Å². The number of nitrogens with one attached hydrogen (secondary N) is 2. The van der Waals surface area contributed by atoms with Gasteiger partial charge in [0.2, 0.25) is 5.88 Å². The first-order valence-electron chi connectivity index (χ1n) is 9.60. The Morgan fingerprint density at radius 2 is 2.00 bits per heavy atom. The average Bonchev–Trinajstić information content (AvgIpc) is 2.73. The van der Waals surface area contributed by atoms with E-state index in [9.17, 15) is 14.4 Å². The zero-order valence-corrected chi connectivity index (χ0v) is 16.1. The fourth-order valence-corrected chi connectivity index (χ4v) is 3.59. The maximum Gasteiger partial charge on any atom is 0.262 e. The molecule has 0 bridgehead atoms. The second kappa shape index (κ2) is 7.90. The van der Waals surface area contributed by atoms with Crippen LogP contribution in [0.4, 0.5) is 5.69 Å². The van der Waals surface area contributed by atoms with Gasteiger partial charge in [-0.25, -0.2) is 4.98 Å². The second-order valence-corrected chi connectivity index (χ2v) is 7.27. The lowest BCUT2D eigenvalue weighted by Gasteiger charge is -2.32. The molecular formula is C21H22N4O4. The number of aromatic nitrogens is 1. The molecule has 4 rings (SSSR count). The molecule has 8 heteroatoms. The molecule has 0 spiro atoms. The molecule has 0 unspecified atom stereocenters. The number of amides is 3. The zero-order valence-electron chi connectivity index (χ0n) is 16.1. The largest absolute Gasteiger partial charge is 0.466 e. The molecule has 150 valence electrons. The number of hydrogen-bond acceptors (Lipinski definition) is 5. The van der Waals surface area contributed by atoms with Gasteiger partial charge in [0.15, 0.2) is 6.61 Å². The highest BCUT2D eigenvalue weighted by Crippen LogP contribution is 2.26. The molecule has 1 saturated heterocycles. The molecule has 3 amide bonds. The standard InChI is InChI=1S/C21H22N4O4/c1-13-4-2-3-5-16(13)19(27)23-15-6-8-25(9-7-15)21(28)14-10-17-20(22-11-14)29-12-18(26)24-17/h2-5,10-11,15H,6-9,12H2,1H3,(H,23,27)(H,24,26). The predicted molar refractivity (Wildman–Crippen MR) is 106 cm³/mol. The summed E-state index contributed by atoms with van der Waals surface area (Å²) in [6.07, 6.45) is 2.83. The van der Waals surface area contributed by atoms with Gasteiger partial charge < -0.3 is 20.3 Å². The minimum Gasteiger partial charge on any atom is -0.466 e. The van der Waals surface area contributed by atoms with E-state index in [1.807, 2.05) is 31.2 Å². The number of ether oxygens (including phenoxy) is 1. The number of benzene rings is 1. The van der Waals surface area contributed by atoms with Crippen LogP contribution in [0.2, 0.25) is 0 Å². The Labute approximate surface area is 168 Å². The minimum absolute atomic E-state index is 0.0282. The van der Waals surface area contributed by atoms with Crippen LogP contribution in [0.3, 0.4) is 0 Å². The molecule has 29 heavy (non-hydrogen) atoms. The molecule has 0 atom stereocenters. The van der Waals surface area contributed by atoms with Gasteiger partial charge in [-0.3, -0.25) is 14.4 Å². The van der Waals surface area contributed by atoms with Gasteiger partial charge >= 0.3 is 0 Å². The Morgan fingerprint density at radius 1 is 1.24 bits per heavy atom. The second-order valence-electron chi connectivity index (χ2n) is 7.27. The SMILES string of the molecule is Cc1ccccc1C(=O)NC1CCN(C(=O)c2cnc3c(c2)NC(=O)CO3)CC1. The van der Waals surface area contributed by atoms with E-state index in [4.69, 9.17) is 4.74 Å². The van der Waals surface area contributed by atoms with Crippen LogP contribution in [0.1, 0.15) is 39.1 Å². The first kappa shape index (κ1) is 18.9. The number of fused-ring (bicyclic) bond motifs is 1. The Kier molecular flexibility index (Phi) is 5.16. The van der Waals surface area contributed by atoms with Crippen LogP contribution in [0.25, 0.3) is 0 Å². The maximum absolute atomic E-state index is 12.8. The maximum atomic E-state index is 12.8. The van der Waals surface area contributed by atoms with E-state index < -0.39 is 0 Å². The van der Waals surface area contributed by atoms with Gasteiger partial charge in [-0.1, -0.05) is 18.2 Å². The summed E-state index contributed by atoms with van der Waals surface area (Å²) in [6, 6.07) is 9.10. The summed E-state index contributed by atoms with van der Waals surface area (Å²) in [7, 11) is 0. The van der Waals surface area contributed by atoms with Crippen LogP contribution in [-0.2, 0) is 4.79 Å². The molecule has 0 aliphatic carbocycles. The van der Waals surface area contributed by atoms with E-state index in [-0.39, 0.29) is 30.4 Å². The molecule has 1 aromatic carbocycles. The van der Waals surface area contributed by atoms with Crippen molar-refractivity contribution in [3.8, 4) is 5.88 Å². The number of pyridine rings is 1. The van der Waals surface area contributed by atoms with Gasteiger partial charge in [0.05, 0.1) is 5.56 Å². The Morgan fingerprint density at radius 3 is 2.76 bits per heavy atom. The summed E-state index contributed by atoms with van der Waals surface area (Å²) in [5.41, 5.74) is 2.42. The summed E-state index contributed by atoms with van der Waals surface area (Å²) in [6.45, 7) is 2.92. The minimum atomic E-state index is -0.269. The molecule has 2 N–H and O–H groups in total. The van der Waals surface area contributed by atoms with Crippen LogP contribution in [0.15, 0.2) is 36.5 Å². The first-order chi connectivity index (χ1) is 14.0. The Hall–Kier alpha value is -3.42. The highest BCUT2D eigenvalue weighted by Gasteiger charge is 2.27. The molecule has 8 nitrogen and oxygen atoms in total. The number of carbonyl (C=O) groups is 3. The molecule has 2 aliphatic heterocycles. The van der Waals surface area contributed by atoms with Crippen molar-refractivity contribution in [3.05, 3.63) is 53.2 Å². The van der Waals surface area contributed by atoms with Crippen LogP contribution in [0.5, 0.6) is 5.88 Å². The molecule has 3 heterocycles. The highest BCUT2D eigenvalue weighted by atomic mass is 16.5. The smallest absolute Gasteiger partial charge is 0.262 e. The van der Waals surface area contributed by atoms with Crippen LogP contribution in [-0.4, -0.2) is 53.3 Å². The Bertz CT molecular complexity index is 967. The predicted octanol–water partition coefficient (Wildman–Crippen LogP) is 1.76. The third-order valence-electron chi connectivity index (χ3n) is 5.22. The van der Waals surface area contributed by atoms with Gasteiger partial charge in [-0.15, -0.1) is 0 Å². The molecule has 2 aromatic rings. The average molecular weight is 394 g/mol. The van der Waals surface area contributed by atoms with E-state index >= 15 is 0 Å². The highest BCUT2D eigenvalue weighted by molar-refractivity contribution is 5.99. The van der Waals surface area contributed by atoms with Crippen molar-refractivity contribution >= 4 is 23.4 Å². The Balaban J connectivity index is 1.35. The lowest BCUT2D eigenvalue weighted by atomic mass is 10.0. The summed E-state index contributed by atoms with van der Waals surface area (Å²) in [4.78, 5) is 42.6. The van der Waals surface area contributed by atoms with E-state index in [0.717, 1.165) is 5.56 Å². The summed E-state index contributed by atoms with van der Waals surface area (Å²) < 4.78 is 5.22. The summed E-state index contributed by atoms with van der Waals surface area (Å²) in [5.74, 6) is -0.181. The van der Waals surface area contributed by atoms with Crippen molar-refractivity contribution in [2.45, 2.75) is 25.8 Å². The lowest BCUT2D eigenvalue weighted by Crippen LogP contribution is -2.46. The molecular weight excluding hydrogens is 372 g/mol. The number of piperidine rings is 1. The van der Waals surface area contributed by atoms with Gasteiger partial charge in [-0.05, 0) is 37.5 Å². The third-order valence-corrected chi connectivity index (χ3v) is 5.22. The number of carbonyl (C=O) groups excluding carboxylic acids is 3. The molecule has 1 aromatic heterocycles. The molecule has 0 saturated carbocycles. The monoisotopic (exact) mass is 394 g/mol. The van der Waals surface area contributed by atoms with E-state index in [0.29, 0.717) is 48.6 Å². The van der Waals surface area contributed by atoms with Crippen molar-refractivity contribution in [2.75, 3.05) is 25.0 Å². The molecule has 0 radical (unpaired) electrons. The lowest BCUT2D eigenvalue weighted by molar-refractivity contribution is -0.118. The zero-order chi connectivity index (χ0) is 20.4. The summed E-state index contributed by atoms with van der Waals surface area (Å²) >= 11 is 0. The molecule has 2 aliphatic rings. The number of nitrogens with zero attached hydrogens (tertiary/aromatic N) is 2.